The monoisotopic (exact) mass is 247 g/mol. The van der Waals surface area contributed by atoms with Crippen molar-refractivity contribution in [3.63, 3.8) is 0 Å². The molecule has 2 heterocycles. The molecule has 3 fully saturated rings. The number of carbonyl (C=O) groups excluding carboxylic acids is 1. The van der Waals surface area contributed by atoms with Crippen molar-refractivity contribution in [1.82, 2.24) is 4.90 Å². The van der Waals surface area contributed by atoms with Gasteiger partial charge in [-0.3, -0.25) is 0 Å². The molecule has 0 spiro atoms. The molecule has 0 aromatic heterocycles. The molecule has 96 valence electrons. The van der Waals surface area contributed by atoms with E-state index in [9.17, 15) is 9.90 Å². The van der Waals surface area contributed by atoms with Gasteiger partial charge in [-0.1, -0.05) is 30.3 Å². The number of ether oxygens (including phenoxy) is 1. The van der Waals surface area contributed by atoms with Crippen LogP contribution in [0.3, 0.4) is 0 Å². The summed E-state index contributed by atoms with van der Waals surface area (Å²) in [4.78, 5) is 13.7. The number of rotatable bonds is 3. The molecule has 4 heteroatoms. The van der Waals surface area contributed by atoms with Crippen molar-refractivity contribution in [3.05, 3.63) is 35.9 Å². The highest BCUT2D eigenvalue weighted by Gasteiger charge is 2.53. The molecular formula is C14H17NO3. The third-order valence-electron chi connectivity index (χ3n) is 4.13. The Bertz CT molecular complexity index is 434. The molecule has 18 heavy (non-hydrogen) atoms. The van der Waals surface area contributed by atoms with Crippen molar-refractivity contribution in [1.29, 1.82) is 0 Å². The SMILES string of the molecule is O=C(OCc1ccccc1)N1C[C@H]2C[C@@H]1[C@H]2CO. The molecule has 2 bridgehead atoms. The zero-order valence-electron chi connectivity index (χ0n) is 10.2. The molecule has 1 aromatic carbocycles. The standard InChI is InChI=1S/C14H17NO3/c16-8-12-11-6-13(12)15(7-11)14(17)18-9-10-4-2-1-3-5-10/h1-5,11-13,16H,6-9H2/t11-,12+,13-/m1/s1. The second kappa shape index (κ2) is 4.61. The molecule has 1 aromatic rings. The molecule has 4 nitrogen and oxygen atoms in total. The molecule has 0 radical (unpaired) electrons. The van der Waals surface area contributed by atoms with Crippen LogP contribution in [0.1, 0.15) is 12.0 Å². The van der Waals surface area contributed by atoms with E-state index in [-0.39, 0.29) is 24.7 Å². The number of hydrogen-bond donors (Lipinski definition) is 1. The smallest absolute Gasteiger partial charge is 0.410 e. The lowest BCUT2D eigenvalue weighted by Gasteiger charge is -2.34. The molecule has 3 atom stereocenters. The number of benzene rings is 1. The van der Waals surface area contributed by atoms with Crippen molar-refractivity contribution in [2.45, 2.75) is 19.1 Å². The van der Waals surface area contributed by atoms with Gasteiger partial charge >= 0.3 is 6.09 Å². The van der Waals surface area contributed by atoms with Crippen LogP contribution in [0.5, 0.6) is 0 Å². The third-order valence-corrected chi connectivity index (χ3v) is 4.13. The summed E-state index contributed by atoms with van der Waals surface area (Å²) in [6, 6.07) is 9.87. The zero-order valence-corrected chi connectivity index (χ0v) is 10.2. The predicted molar refractivity (Wildman–Crippen MR) is 65.8 cm³/mol. The van der Waals surface area contributed by atoms with Crippen LogP contribution in [0.4, 0.5) is 4.79 Å². The molecule has 1 amide bonds. The van der Waals surface area contributed by atoms with Gasteiger partial charge in [-0.2, -0.15) is 0 Å². The Labute approximate surface area is 106 Å². The Morgan fingerprint density at radius 1 is 1.39 bits per heavy atom. The van der Waals surface area contributed by atoms with Gasteiger partial charge in [0, 0.05) is 25.1 Å². The van der Waals surface area contributed by atoms with Crippen molar-refractivity contribution < 1.29 is 14.6 Å². The number of nitrogens with zero attached hydrogens (tertiary/aromatic N) is 1. The van der Waals surface area contributed by atoms with E-state index in [0.717, 1.165) is 18.5 Å². The number of hydrogen-bond acceptors (Lipinski definition) is 3. The fourth-order valence-corrected chi connectivity index (χ4v) is 3.02. The molecule has 2 saturated heterocycles. The lowest BCUT2D eigenvalue weighted by molar-refractivity contribution is 0.0635. The van der Waals surface area contributed by atoms with Crippen LogP contribution in [0.15, 0.2) is 30.3 Å². The van der Waals surface area contributed by atoms with Crippen LogP contribution in [0, 0.1) is 11.8 Å². The predicted octanol–water partition coefficient (Wildman–Crippen LogP) is 1.64. The Morgan fingerprint density at radius 3 is 2.83 bits per heavy atom. The third kappa shape index (κ3) is 1.86. The maximum Gasteiger partial charge on any atom is 0.410 e. The molecule has 3 aliphatic rings. The summed E-state index contributed by atoms with van der Waals surface area (Å²) in [6.07, 6.45) is 0.772. The summed E-state index contributed by atoms with van der Waals surface area (Å²) in [7, 11) is 0. The van der Waals surface area contributed by atoms with Crippen molar-refractivity contribution in [3.8, 4) is 0 Å². The van der Waals surface area contributed by atoms with E-state index in [1.807, 2.05) is 30.3 Å². The number of aliphatic hydroxyl groups is 1. The molecule has 4 rings (SSSR count). The van der Waals surface area contributed by atoms with Crippen molar-refractivity contribution >= 4 is 6.09 Å². The first kappa shape index (κ1) is 11.5. The van der Waals surface area contributed by atoms with Crippen LogP contribution in [0.2, 0.25) is 0 Å². The van der Waals surface area contributed by atoms with E-state index in [1.54, 1.807) is 4.90 Å². The van der Waals surface area contributed by atoms with E-state index in [1.165, 1.54) is 0 Å². The van der Waals surface area contributed by atoms with Crippen LogP contribution in [0.25, 0.3) is 0 Å². The molecular weight excluding hydrogens is 230 g/mol. The fraction of sp³-hybridized carbons (Fsp3) is 0.500. The molecule has 1 saturated carbocycles. The summed E-state index contributed by atoms with van der Waals surface area (Å²) >= 11 is 0. The zero-order chi connectivity index (χ0) is 12.5. The van der Waals surface area contributed by atoms with Gasteiger partial charge in [0.05, 0.1) is 0 Å². The second-order valence-corrected chi connectivity index (χ2v) is 5.10. The first-order valence-corrected chi connectivity index (χ1v) is 6.38. The highest BCUT2D eigenvalue weighted by molar-refractivity contribution is 5.69. The Kier molecular flexibility index (Phi) is 2.96. The number of fused-ring (bicyclic) bond motifs is 1. The maximum absolute atomic E-state index is 11.9. The molecule has 1 N–H and O–H groups in total. The number of amides is 1. The molecule has 1 aliphatic carbocycles. The van der Waals surface area contributed by atoms with Crippen LogP contribution in [-0.2, 0) is 11.3 Å². The molecule has 0 unspecified atom stereocenters. The average molecular weight is 247 g/mol. The summed E-state index contributed by atoms with van der Waals surface area (Å²) in [5.74, 6) is 0.749. The number of carbonyl (C=O) groups is 1. The first-order chi connectivity index (χ1) is 8.79. The Balaban J connectivity index is 1.54. The van der Waals surface area contributed by atoms with Gasteiger partial charge in [-0.05, 0) is 17.9 Å². The van der Waals surface area contributed by atoms with Crippen molar-refractivity contribution in [2.75, 3.05) is 13.2 Å². The summed E-state index contributed by atoms with van der Waals surface area (Å²) in [5.41, 5.74) is 0.996. The average Bonchev–Trinajstić information content (AvgIpc) is 2.96. The topological polar surface area (TPSA) is 49.8 Å². The van der Waals surface area contributed by atoms with E-state index in [4.69, 9.17) is 4.74 Å². The lowest BCUT2D eigenvalue weighted by Crippen LogP contribution is -2.43. The minimum absolute atomic E-state index is 0.178. The van der Waals surface area contributed by atoms with Crippen LogP contribution < -0.4 is 0 Å². The fourth-order valence-electron chi connectivity index (χ4n) is 3.02. The van der Waals surface area contributed by atoms with Gasteiger partial charge in [0.25, 0.3) is 0 Å². The Morgan fingerprint density at radius 2 is 2.17 bits per heavy atom. The summed E-state index contributed by atoms with van der Waals surface area (Å²) < 4.78 is 5.31. The van der Waals surface area contributed by atoms with Gasteiger partial charge in [0.1, 0.15) is 6.61 Å². The maximum atomic E-state index is 11.9. The van der Waals surface area contributed by atoms with E-state index in [0.29, 0.717) is 12.5 Å². The quantitative estimate of drug-likeness (QED) is 0.883. The van der Waals surface area contributed by atoms with Gasteiger partial charge < -0.3 is 14.7 Å². The van der Waals surface area contributed by atoms with Gasteiger partial charge in [0.15, 0.2) is 0 Å². The first-order valence-electron chi connectivity index (χ1n) is 6.38. The second-order valence-electron chi connectivity index (χ2n) is 5.10. The van der Waals surface area contributed by atoms with Crippen LogP contribution >= 0.6 is 0 Å². The van der Waals surface area contributed by atoms with Gasteiger partial charge in [-0.15, -0.1) is 0 Å². The minimum Gasteiger partial charge on any atom is -0.445 e. The Hall–Kier alpha value is -1.55. The van der Waals surface area contributed by atoms with Crippen LogP contribution in [-0.4, -0.2) is 35.3 Å². The number of aliphatic hydroxyl groups excluding tert-OH is 1. The van der Waals surface area contributed by atoms with E-state index >= 15 is 0 Å². The van der Waals surface area contributed by atoms with Gasteiger partial charge in [0.2, 0.25) is 0 Å². The van der Waals surface area contributed by atoms with E-state index in [2.05, 4.69) is 0 Å². The normalized spacial score (nSPS) is 28.9. The van der Waals surface area contributed by atoms with Crippen molar-refractivity contribution in [2.24, 2.45) is 11.8 Å². The molecule has 2 aliphatic heterocycles. The summed E-state index contributed by atoms with van der Waals surface area (Å²) in [6.45, 7) is 1.23. The largest absolute Gasteiger partial charge is 0.445 e. The summed E-state index contributed by atoms with van der Waals surface area (Å²) in [5, 5.41) is 9.20. The highest BCUT2D eigenvalue weighted by atomic mass is 16.6. The van der Waals surface area contributed by atoms with Gasteiger partial charge in [-0.25, -0.2) is 4.79 Å². The minimum atomic E-state index is -0.248. The highest BCUT2D eigenvalue weighted by Crippen LogP contribution is 2.46. The van der Waals surface area contributed by atoms with E-state index < -0.39 is 0 Å². The lowest BCUT2D eigenvalue weighted by atomic mass is 9.74.